The van der Waals surface area contributed by atoms with Gasteiger partial charge < -0.3 is 9.80 Å². The molecule has 0 atom stereocenters. The molecule has 6 aromatic rings. The summed E-state index contributed by atoms with van der Waals surface area (Å²) in [4.78, 5) is 15.6. The number of halogens is 5. The first kappa shape index (κ1) is 36.5. The molecule has 0 unspecified atom stereocenters. The van der Waals surface area contributed by atoms with E-state index in [0.717, 1.165) is 28.9 Å². The van der Waals surface area contributed by atoms with E-state index in [9.17, 15) is 4.79 Å². The lowest BCUT2D eigenvalue weighted by Gasteiger charge is -2.26. The Bertz CT molecular complexity index is 1820. The van der Waals surface area contributed by atoms with Gasteiger partial charge in [0.1, 0.15) is 0 Å². The number of rotatable bonds is 11. The van der Waals surface area contributed by atoms with Gasteiger partial charge in [0.25, 0.3) is 0 Å². The molecule has 0 amide bonds. The third-order valence-corrected chi connectivity index (χ3v) is 10.3. The van der Waals surface area contributed by atoms with E-state index in [1.54, 1.807) is 12.1 Å². The molecule has 6 aromatic carbocycles. The quantitative estimate of drug-likeness (QED) is 0.0965. The molecular weight excluding hydrogens is 758 g/mol. The summed E-state index contributed by atoms with van der Waals surface area (Å²) in [6.07, 6.45) is 0.688. The van der Waals surface area contributed by atoms with E-state index in [1.165, 1.54) is 22.3 Å². The number of nitrogens with zero attached hydrogens (tertiary/aromatic N) is 2. The van der Waals surface area contributed by atoms with E-state index in [0.29, 0.717) is 45.0 Å². The zero-order valence-corrected chi connectivity index (χ0v) is 31.1. The molecule has 3 nitrogen and oxygen atoms in total. The maximum absolute atomic E-state index is 11.1. The number of hydrogen-bond acceptors (Lipinski definition) is 3. The van der Waals surface area contributed by atoms with Crippen LogP contribution in [0.15, 0.2) is 150 Å². The highest BCUT2D eigenvalue weighted by atomic mass is 79.9. The summed E-state index contributed by atoms with van der Waals surface area (Å²) in [5, 5.41) is 1.96. The van der Waals surface area contributed by atoms with Crippen molar-refractivity contribution in [2.45, 2.75) is 26.2 Å². The summed E-state index contributed by atoms with van der Waals surface area (Å²) < 4.78 is 0.731. The number of benzene rings is 6. The van der Waals surface area contributed by atoms with Gasteiger partial charge in [-0.25, -0.2) is 0 Å². The van der Waals surface area contributed by atoms with Crippen LogP contribution >= 0.6 is 62.3 Å². The third kappa shape index (κ3) is 10.6. The Morgan fingerprint density at radius 1 is 0.449 bits per heavy atom. The smallest absolute Gasteiger partial charge is 0.153 e. The Kier molecular flexibility index (Phi) is 13.6. The van der Waals surface area contributed by atoms with Crippen LogP contribution in [0.5, 0.6) is 0 Å². The second kappa shape index (κ2) is 18.3. The highest BCUT2D eigenvalue weighted by Gasteiger charge is 2.15. The molecule has 0 heterocycles. The van der Waals surface area contributed by atoms with Crippen molar-refractivity contribution in [2.75, 3.05) is 9.80 Å². The van der Waals surface area contributed by atoms with Gasteiger partial charge >= 0.3 is 0 Å². The van der Waals surface area contributed by atoms with Crippen LogP contribution in [-0.4, -0.2) is 6.29 Å². The van der Waals surface area contributed by atoms with Crippen molar-refractivity contribution >= 4 is 80.0 Å². The van der Waals surface area contributed by atoms with Gasteiger partial charge in [-0.15, -0.1) is 0 Å². The zero-order chi connectivity index (χ0) is 34.6. The molecule has 0 spiro atoms. The molecule has 0 bridgehead atoms. The van der Waals surface area contributed by atoms with Crippen LogP contribution in [0.3, 0.4) is 0 Å². The van der Waals surface area contributed by atoms with Crippen LogP contribution in [0, 0.1) is 0 Å². The standard InChI is InChI=1S/C21H17Cl2NO.C20H16BrCl2N/c22-20-11-18(12-21(23)19(20)15-25)24(13-16-7-3-1-4-8-16)14-17-9-5-2-6-10-17;21-20-18(22)11-17(12-19(20)23)24(13-15-7-3-1-4-8-15)14-16-9-5-2-6-10-16/h1-12,15H,13-14H2;1-12H,13-14H2. The Labute approximate surface area is 316 Å². The molecule has 8 heteroatoms. The van der Waals surface area contributed by atoms with E-state index < -0.39 is 0 Å². The SMILES string of the molecule is Clc1cc(N(Cc2ccccc2)Cc2ccccc2)cc(Cl)c1Br.O=Cc1c(Cl)cc(N(Cc2ccccc2)Cc2ccccc2)cc1Cl. The molecule has 0 fully saturated rings. The first-order valence-corrected chi connectivity index (χ1v) is 17.9. The molecule has 49 heavy (non-hydrogen) atoms. The lowest BCUT2D eigenvalue weighted by molar-refractivity contribution is 0.112. The highest BCUT2D eigenvalue weighted by molar-refractivity contribution is 9.10. The van der Waals surface area contributed by atoms with Crippen LogP contribution in [0.2, 0.25) is 20.1 Å². The fourth-order valence-electron chi connectivity index (χ4n) is 5.28. The number of anilines is 2. The van der Waals surface area contributed by atoms with Crippen molar-refractivity contribution < 1.29 is 4.79 Å². The van der Waals surface area contributed by atoms with Gasteiger partial charge in [-0.3, -0.25) is 4.79 Å². The van der Waals surface area contributed by atoms with Crippen LogP contribution in [0.25, 0.3) is 0 Å². The summed E-state index contributed by atoms with van der Waals surface area (Å²) in [5.74, 6) is 0. The first-order valence-electron chi connectivity index (χ1n) is 15.5. The molecule has 248 valence electrons. The predicted molar refractivity (Wildman–Crippen MR) is 212 cm³/mol. The van der Waals surface area contributed by atoms with Gasteiger partial charge in [0.2, 0.25) is 0 Å². The Hall–Kier alpha value is -3.77. The van der Waals surface area contributed by atoms with Crippen molar-refractivity contribution in [1.29, 1.82) is 0 Å². The van der Waals surface area contributed by atoms with Crippen LogP contribution < -0.4 is 9.80 Å². The lowest BCUT2D eigenvalue weighted by atomic mass is 10.1. The molecule has 0 N–H and O–H groups in total. The summed E-state index contributed by atoms with van der Waals surface area (Å²) in [6, 6.07) is 48.7. The van der Waals surface area contributed by atoms with Crippen LogP contribution in [0.1, 0.15) is 32.6 Å². The average molecular weight is 791 g/mol. The fraction of sp³-hybridized carbons (Fsp3) is 0.0976. The third-order valence-electron chi connectivity index (χ3n) is 7.75. The second-order valence-corrected chi connectivity index (χ2v) is 13.7. The normalized spacial score (nSPS) is 10.6. The molecular formula is C41H33BrCl4N2O. The van der Waals surface area contributed by atoms with Crippen molar-refractivity contribution in [3.63, 3.8) is 0 Å². The van der Waals surface area contributed by atoms with Gasteiger partial charge in [0, 0.05) is 37.6 Å². The largest absolute Gasteiger partial charge is 0.363 e. The first-order chi connectivity index (χ1) is 23.8. The summed E-state index contributed by atoms with van der Waals surface area (Å²) >= 11 is 28.5. The number of carbonyl (C=O) groups excluding carboxylic acids is 1. The molecule has 6 rings (SSSR count). The molecule has 0 aliphatic heterocycles. The molecule has 0 aromatic heterocycles. The second-order valence-electron chi connectivity index (χ2n) is 11.3. The zero-order valence-electron chi connectivity index (χ0n) is 26.5. The van der Waals surface area contributed by atoms with E-state index in [-0.39, 0.29) is 0 Å². The maximum Gasteiger partial charge on any atom is 0.153 e. The number of aldehydes is 1. The fourth-order valence-corrected chi connectivity index (χ4v) is 6.55. The average Bonchev–Trinajstić information content (AvgIpc) is 3.12. The minimum absolute atomic E-state index is 0.325. The van der Waals surface area contributed by atoms with Crippen LogP contribution in [-0.2, 0) is 26.2 Å². The van der Waals surface area contributed by atoms with Crippen molar-refractivity contribution in [3.05, 3.63) is 198 Å². The van der Waals surface area contributed by atoms with E-state index in [2.05, 4.69) is 98.5 Å². The minimum Gasteiger partial charge on any atom is -0.363 e. The van der Waals surface area contributed by atoms with Gasteiger partial charge in [0.05, 0.1) is 30.1 Å². The predicted octanol–water partition coefficient (Wildman–Crippen LogP) is 13.0. The topological polar surface area (TPSA) is 23.6 Å². The van der Waals surface area contributed by atoms with E-state index in [4.69, 9.17) is 46.4 Å². The molecule has 0 radical (unpaired) electrons. The van der Waals surface area contributed by atoms with Gasteiger partial charge in [0.15, 0.2) is 6.29 Å². The monoisotopic (exact) mass is 788 g/mol. The summed E-state index contributed by atoms with van der Waals surface area (Å²) in [5.41, 5.74) is 7.06. The van der Waals surface area contributed by atoms with Crippen molar-refractivity contribution in [3.8, 4) is 0 Å². The molecule has 0 aliphatic rings. The Morgan fingerprint density at radius 3 is 0.980 bits per heavy atom. The Balaban J connectivity index is 0.000000191. The highest BCUT2D eigenvalue weighted by Crippen LogP contribution is 2.36. The van der Waals surface area contributed by atoms with Gasteiger partial charge in [-0.2, -0.15) is 0 Å². The summed E-state index contributed by atoms with van der Waals surface area (Å²) in [6.45, 7) is 2.99. The van der Waals surface area contributed by atoms with Crippen LogP contribution in [0.4, 0.5) is 11.4 Å². The lowest BCUT2D eigenvalue weighted by Crippen LogP contribution is -2.22. The minimum atomic E-state index is 0.325. The molecule has 0 saturated heterocycles. The number of hydrogen-bond donors (Lipinski definition) is 0. The maximum atomic E-state index is 11.1. The van der Waals surface area contributed by atoms with Crippen molar-refractivity contribution in [1.82, 2.24) is 0 Å². The van der Waals surface area contributed by atoms with E-state index >= 15 is 0 Å². The molecule has 0 saturated carbocycles. The van der Waals surface area contributed by atoms with E-state index in [1.807, 2.05) is 60.7 Å². The van der Waals surface area contributed by atoms with Crippen molar-refractivity contribution in [2.24, 2.45) is 0 Å². The van der Waals surface area contributed by atoms with Gasteiger partial charge in [-0.05, 0) is 62.4 Å². The molecule has 0 aliphatic carbocycles. The number of carbonyl (C=O) groups is 1. The Morgan fingerprint density at radius 2 is 0.714 bits per heavy atom. The van der Waals surface area contributed by atoms with Gasteiger partial charge in [-0.1, -0.05) is 168 Å². The summed E-state index contributed by atoms with van der Waals surface area (Å²) in [7, 11) is 0.